The highest BCUT2D eigenvalue weighted by Crippen LogP contribution is 2.27. The van der Waals surface area contributed by atoms with Gasteiger partial charge in [-0.25, -0.2) is 9.37 Å². The number of halogens is 1. The third-order valence-corrected chi connectivity index (χ3v) is 7.38. The molecule has 2 N–H and O–H groups in total. The molecule has 3 aromatic carbocycles. The highest BCUT2D eigenvalue weighted by atomic mass is 32.1. The fourth-order valence-electron chi connectivity index (χ4n) is 4.49. The molecule has 0 aliphatic rings. The Balaban J connectivity index is 1.28. The Morgan fingerprint density at radius 2 is 1.57 bits per heavy atom. The van der Waals surface area contributed by atoms with Crippen molar-refractivity contribution in [3.63, 3.8) is 0 Å². The van der Waals surface area contributed by atoms with E-state index in [2.05, 4.69) is 39.9 Å². The summed E-state index contributed by atoms with van der Waals surface area (Å²) in [7, 11) is 1.50. The Bertz CT molecular complexity index is 1410. The molecular formula is C32H33FN4O4S. The molecule has 0 saturated heterocycles. The predicted molar refractivity (Wildman–Crippen MR) is 161 cm³/mol. The first-order valence-electron chi connectivity index (χ1n) is 13.6. The van der Waals surface area contributed by atoms with E-state index < -0.39 is 17.6 Å². The number of anilines is 1. The first kappa shape index (κ1) is 30.5. The number of rotatable bonds is 14. The molecule has 1 aromatic heterocycles. The topological polar surface area (TPSA) is 101 Å². The summed E-state index contributed by atoms with van der Waals surface area (Å²) >= 11 is 1.20. The monoisotopic (exact) mass is 588 g/mol. The summed E-state index contributed by atoms with van der Waals surface area (Å²) in [6, 6.07) is 25.6. The van der Waals surface area contributed by atoms with E-state index in [4.69, 9.17) is 4.74 Å². The molecule has 0 atom stereocenters. The molecule has 4 rings (SSSR count). The Kier molecular flexibility index (Phi) is 11.3. The van der Waals surface area contributed by atoms with Crippen molar-refractivity contribution >= 4 is 34.2 Å². The van der Waals surface area contributed by atoms with Crippen molar-refractivity contribution in [3.8, 4) is 0 Å². The molecule has 1 heterocycles. The number of thiazole rings is 1. The van der Waals surface area contributed by atoms with E-state index in [0.29, 0.717) is 17.4 Å². The number of nitrogens with zero attached hydrogens (tertiary/aromatic N) is 2. The van der Waals surface area contributed by atoms with Crippen LogP contribution in [0.25, 0.3) is 0 Å². The molecule has 42 heavy (non-hydrogen) atoms. The largest absolute Gasteiger partial charge is 0.383 e. The summed E-state index contributed by atoms with van der Waals surface area (Å²) < 4.78 is 18.3. The van der Waals surface area contributed by atoms with Gasteiger partial charge in [-0.3, -0.25) is 14.4 Å². The number of aromatic nitrogens is 1. The normalized spacial score (nSPS) is 10.8. The average molecular weight is 589 g/mol. The van der Waals surface area contributed by atoms with Gasteiger partial charge in [0.25, 0.3) is 5.91 Å². The molecule has 0 spiro atoms. The molecule has 0 bridgehead atoms. The lowest BCUT2D eigenvalue weighted by Crippen LogP contribution is -2.40. The van der Waals surface area contributed by atoms with Gasteiger partial charge in [0.15, 0.2) is 5.13 Å². The fraction of sp³-hybridized carbons (Fsp3) is 0.250. The molecule has 10 heteroatoms. The van der Waals surface area contributed by atoms with E-state index in [1.807, 2.05) is 36.4 Å². The van der Waals surface area contributed by atoms with E-state index in [1.54, 1.807) is 5.38 Å². The van der Waals surface area contributed by atoms with Crippen LogP contribution < -0.4 is 10.6 Å². The Morgan fingerprint density at radius 3 is 2.19 bits per heavy atom. The third kappa shape index (κ3) is 9.05. The number of amides is 3. The van der Waals surface area contributed by atoms with Crippen LogP contribution in [-0.4, -0.2) is 61.0 Å². The lowest BCUT2D eigenvalue weighted by molar-refractivity contribution is -0.120. The van der Waals surface area contributed by atoms with Crippen LogP contribution in [0.5, 0.6) is 0 Å². The second-order valence-corrected chi connectivity index (χ2v) is 10.5. The molecular weight excluding hydrogens is 555 g/mol. The summed E-state index contributed by atoms with van der Waals surface area (Å²) in [5, 5.41) is 7.73. The number of hydrogen-bond donors (Lipinski definition) is 2. The quantitative estimate of drug-likeness (QED) is 0.219. The fourth-order valence-corrected chi connectivity index (χ4v) is 5.21. The highest BCUT2D eigenvalue weighted by Gasteiger charge is 2.20. The first-order chi connectivity index (χ1) is 20.4. The van der Waals surface area contributed by atoms with E-state index in [1.165, 1.54) is 58.7 Å². The van der Waals surface area contributed by atoms with Crippen molar-refractivity contribution in [2.24, 2.45) is 0 Å². The molecule has 218 valence electrons. The zero-order chi connectivity index (χ0) is 29.7. The third-order valence-electron chi connectivity index (χ3n) is 6.58. The van der Waals surface area contributed by atoms with Crippen molar-refractivity contribution < 1.29 is 23.5 Å². The summed E-state index contributed by atoms with van der Waals surface area (Å²) in [5.74, 6) is -1.31. The zero-order valence-electron chi connectivity index (χ0n) is 23.3. The molecule has 0 fully saturated rings. The standard InChI is InChI=1S/C32H33FN4O4S/c1-41-19-18-37(31(40)25-12-14-26(33)15-13-25)21-30(39)36-32-35-27(22-42-32)20-29(38)34-17-16-28(23-8-4-2-5-9-23)24-10-6-3-7-11-24/h2-15,22,28H,16-21H2,1H3,(H,34,38)(H,35,36,39). The summed E-state index contributed by atoms with van der Waals surface area (Å²) in [6.45, 7) is 0.673. The van der Waals surface area contributed by atoms with Crippen LogP contribution in [0.1, 0.15) is 39.5 Å². The van der Waals surface area contributed by atoms with Gasteiger partial charge in [0.2, 0.25) is 11.8 Å². The Labute approximate surface area is 248 Å². The van der Waals surface area contributed by atoms with Crippen LogP contribution in [-0.2, 0) is 20.7 Å². The molecule has 0 aliphatic heterocycles. The first-order valence-corrected chi connectivity index (χ1v) is 14.5. The van der Waals surface area contributed by atoms with Crippen molar-refractivity contribution in [2.75, 3.05) is 38.7 Å². The van der Waals surface area contributed by atoms with Crippen LogP contribution >= 0.6 is 11.3 Å². The van der Waals surface area contributed by atoms with Gasteiger partial charge in [-0.1, -0.05) is 60.7 Å². The molecule has 8 nitrogen and oxygen atoms in total. The molecule has 0 aliphatic carbocycles. The SMILES string of the molecule is COCCN(CC(=O)Nc1nc(CC(=O)NCCC(c2ccccc2)c2ccccc2)cs1)C(=O)c1ccc(F)cc1. The summed E-state index contributed by atoms with van der Waals surface area (Å²) in [4.78, 5) is 44.0. The van der Waals surface area contributed by atoms with Crippen molar-refractivity contribution in [3.05, 3.63) is 119 Å². The van der Waals surface area contributed by atoms with Gasteiger partial charge >= 0.3 is 0 Å². The summed E-state index contributed by atoms with van der Waals surface area (Å²) in [5.41, 5.74) is 3.19. The van der Waals surface area contributed by atoms with Crippen molar-refractivity contribution in [1.29, 1.82) is 0 Å². The molecule has 3 amide bonds. The maximum absolute atomic E-state index is 13.3. The average Bonchev–Trinajstić information content (AvgIpc) is 3.44. The second-order valence-electron chi connectivity index (χ2n) is 9.61. The van der Waals surface area contributed by atoms with Crippen LogP contribution in [0.4, 0.5) is 9.52 Å². The van der Waals surface area contributed by atoms with Crippen LogP contribution in [0.15, 0.2) is 90.3 Å². The second kappa shape index (κ2) is 15.6. The van der Waals surface area contributed by atoms with E-state index in [-0.39, 0.29) is 43.5 Å². The van der Waals surface area contributed by atoms with E-state index in [9.17, 15) is 18.8 Å². The van der Waals surface area contributed by atoms with E-state index in [0.717, 1.165) is 6.42 Å². The number of methoxy groups -OCH3 is 1. The lowest BCUT2D eigenvalue weighted by atomic mass is 9.88. The van der Waals surface area contributed by atoms with Crippen molar-refractivity contribution in [2.45, 2.75) is 18.8 Å². The maximum Gasteiger partial charge on any atom is 0.254 e. The van der Waals surface area contributed by atoms with Crippen LogP contribution in [0.2, 0.25) is 0 Å². The highest BCUT2D eigenvalue weighted by molar-refractivity contribution is 7.13. The van der Waals surface area contributed by atoms with Crippen LogP contribution in [0, 0.1) is 5.82 Å². The number of carbonyl (C=O) groups excluding carboxylic acids is 3. The van der Waals surface area contributed by atoms with Gasteiger partial charge in [0, 0.05) is 37.1 Å². The van der Waals surface area contributed by atoms with Gasteiger partial charge in [0.1, 0.15) is 12.4 Å². The predicted octanol–water partition coefficient (Wildman–Crippen LogP) is 4.89. The minimum atomic E-state index is -0.454. The number of hydrogen-bond acceptors (Lipinski definition) is 6. The smallest absolute Gasteiger partial charge is 0.254 e. The van der Waals surface area contributed by atoms with Crippen LogP contribution in [0.3, 0.4) is 0 Å². The number of benzene rings is 3. The number of ether oxygens (including phenoxy) is 1. The summed E-state index contributed by atoms with van der Waals surface area (Å²) in [6.07, 6.45) is 0.824. The minimum absolute atomic E-state index is 0.0801. The van der Waals surface area contributed by atoms with Crippen molar-refractivity contribution in [1.82, 2.24) is 15.2 Å². The maximum atomic E-state index is 13.3. The van der Waals surface area contributed by atoms with Gasteiger partial charge in [0.05, 0.1) is 18.7 Å². The Morgan fingerprint density at radius 1 is 0.929 bits per heavy atom. The van der Waals surface area contributed by atoms with Gasteiger partial charge in [-0.15, -0.1) is 11.3 Å². The van der Waals surface area contributed by atoms with E-state index >= 15 is 0 Å². The molecule has 0 unspecified atom stereocenters. The number of nitrogens with one attached hydrogen (secondary N) is 2. The van der Waals surface area contributed by atoms with Gasteiger partial charge < -0.3 is 20.3 Å². The minimum Gasteiger partial charge on any atom is -0.383 e. The number of carbonyl (C=O) groups is 3. The van der Waals surface area contributed by atoms with Gasteiger partial charge in [-0.05, 0) is 41.8 Å². The lowest BCUT2D eigenvalue weighted by Gasteiger charge is -2.21. The molecule has 0 radical (unpaired) electrons. The molecule has 4 aromatic rings. The zero-order valence-corrected chi connectivity index (χ0v) is 24.1. The van der Waals surface area contributed by atoms with Gasteiger partial charge in [-0.2, -0.15) is 0 Å². The molecule has 0 saturated carbocycles. The Hall–Kier alpha value is -4.41.